The first-order valence-electron chi connectivity index (χ1n) is 7.16. The first-order chi connectivity index (χ1) is 10.0. The monoisotopic (exact) mass is 286 g/mol. The lowest BCUT2D eigenvalue weighted by Gasteiger charge is -2.30. The van der Waals surface area contributed by atoms with Gasteiger partial charge in [-0.2, -0.15) is 0 Å². The van der Waals surface area contributed by atoms with E-state index in [0.717, 1.165) is 10.9 Å². The average molecular weight is 286 g/mol. The fourth-order valence-corrected chi connectivity index (χ4v) is 2.80. The van der Waals surface area contributed by atoms with E-state index in [4.69, 9.17) is 4.74 Å². The predicted octanol–water partition coefficient (Wildman–Crippen LogP) is 2.51. The first kappa shape index (κ1) is 13.7. The normalized spacial score (nSPS) is 21.0. The molecule has 5 heteroatoms. The molecule has 2 heterocycles. The van der Waals surface area contributed by atoms with Gasteiger partial charge in [0.15, 0.2) is 0 Å². The molecule has 1 aromatic heterocycles. The van der Waals surface area contributed by atoms with E-state index in [2.05, 4.69) is 12.2 Å². The maximum absolute atomic E-state index is 12.1. The Morgan fingerprint density at radius 2 is 2.10 bits per heavy atom. The van der Waals surface area contributed by atoms with Gasteiger partial charge in [0.25, 0.3) is 5.91 Å². The molecule has 0 saturated heterocycles. The minimum absolute atomic E-state index is 0.0480. The van der Waals surface area contributed by atoms with Crippen molar-refractivity contribution in [3.63, 3.8) is 0 Å². The zero-order valence-corrected chi connectivity index (χ0v) is 12.3. The molecule has 1 N–H and O–H groups in total. The number of rotatable bonds is 2. The number of ether oxygens (including phenoxy) is 1. The smallest absolute Gasteiger partial charge is 0.338 e. The van der Waals surface area contributed by atoms with Crippen LogP contribution in [0.4, 0.5) is 0 Å². The van der Waals surface area contributed by atoms with Gasteiger partial charge in [-0.05, 0) is 39.0 Å². The molecule has 0 unspecified atom stereocenters. The summed E-state index contributed by atoms with van der Waals surface area (Å²) in [5.41, 5.74) is 2.04. The van der Waals surface area contributed by atoms with Gasteiger partial charge in [-0.3, -0.25) is 4.79 Å². The summed E-state index contributed by atoms with van der Waals surface area (Å²) < 4.78 is 7.04. The lowest BCUT2D eigenvalue weighted by Crippen LogP contribution is -2.44. The second-order valence-electron chi connectivity index (χ2n) is 5.40. The molecular weight excluding hydrogens is 268 g/mol. The number of amides is 1. The average Bonchev–Trinajstić information content (AvgIpc) is 2.84. The number of aromatic nitrogens is 1. The van der Waals surface area contributed by atoms with Crippen LogP contribution in [-0.4, -0.2) is 29.1 Å². The van der Waals surface area contributed by atoms with Crippen LogP contribution in [0.1, 0.15) is 47.7 Å². The van der Waals surface area contributed by atoms with Gasteiger partial charge in [-0.15, -0.1) is 0 Å². The predicted molar refractivity (Wildman–Crippen MR) is 79.5 cm³/mol. The van der Waals surface area contributed by atoms with E-state index in [1.54, 1.807) is 19.1 Å². The fraction of sp³-hybridized carbons (Fsp3) is 0.375. The molecule has 0 aliphatic carbocycles. The van der Waals surface area contributed by atoms with Crippen molar-refractivity contribution in [1.82, 2.24) is 9.88 Å². The van der Waals surface area contributed by atoms with Crippen molar-refractivity contribution in [2.24, 2.45) is 0 Å². The molecule has 0 radical (unpaired) electrons. The van der Waals surface area contributed by atoms with Crippen LogP contribution in [0.25, 0.3) is 10.9 Å². The highest BCUT2D eigenvalue weighted by Gasteiger charge is 2.29. The Morgan fingerprint density at radius 3 is 2.81 bits per heavy atom. The van der Waals surface area contributed by atoms with Gasteiger partial charge in [0, 0.05) is 16.9 Å². The summed E-state index contributed by atoms with van der Waals surface area (Å²) in [6.45, 7) is 6.17. The fourth-order valence-electron chi connectivity index (χ4n) is 2.80. The number of hydrogen-bond acceptors (Lipinski definition) is 3. The Hall–Kier alpha value is -2.30. The summed E-state index contributed by atoms with van der Waals surface area (Å²) in [7, 11) is 0. The second-order valence-corrected chi connectivity index (χ2v) is 5.40. The maximum atomic E-state index is 12.1. The van der Waals surface area contributed by atoms with Crippen LogP contribution in [0.5, 0.6) is 0 Å². The summed E-state index contributed by atoms with van der Waals surface area (Å²) in [5.74, 6) is -0.412. The molecule has 0 spiro atoms. The highest BCUT2D eigenvalue weighted by Crippen LogP contribution is 2.29. The Morgan fingerprint density at radius 1 is 1.33 bits per heavy atom. The molecule has 1 aliphatic heterocycles. The molecule has 3 rings (SSSR count). The summed E-state index contributed by atoms with van der Waals surface area (Å²) >= 11 is 0. The first-order valence-corrected chi connectivity index (χ1v) is 7.16. The Kier molecular flexibility index (Phi) is 3.20. The molecule has 1 aliphatic rings. The lowest BCUT2D eigenvalue weighted by atomic mass is 10.1. The lowest BCUT2D eigenvalue weighted by molar-refractivity contribution is 0.0526. The van der Waals surface area contributed by atoms with Crippen LogP contribution in [0.15, 0.2) is 24.3 Å². The number of nitrogens with zero attached hydrogens (tertiary/aromatic N) is 1. The van der Waals surface area contributed by atoms with Gasteiger partial charge in [-0.25, -0.2) is 4.79 Å². The van der Waals surface area contributed by atoms with Crippen molar-refractivity contribution >= 4 is 22.8 Å². The molecule has 1 amide bonds. The largest absolute Gasteiger partial charge is 0.462 e. The van der Waals surface area contributed by atoms with Crippen LogP contribution in [0.3, 0.4) is 0 Å². The highest BCUT2D eigenvalue weighted by atomic mass is 16.5. The van der Waals surface area contributed by atoms with E-state index in [1.165, 1.54) is 0 Å². The molecule has 0 saturated carbocycles. The molecule has 5 nitrogen and oxygen atoms in total. The van der Waals surface area contributed by atoms with Crippen molar-refractivity contribution in [3.8, 4) is 0 Å². The number of nitrogens with one attached hydrogen (secondary N) is 1. The Bertz CT molecular complexity index is 732. The van der Waals surface area contributed by atoms with Crippen molar-refractivity contribution in [2.75, 3.05) is 6.61 Å². The number of hydrogen-bond donors (Lipinski definition) is 1. The molecule has 21 heavy (non-hydrogen) atoms. The van der Waals surface area contributed by atoms with Crippen LogP contribution < -0.4 is 5.32 Å². The zero-order valence-electron chi connectivity index (χ0n) is 12.3. The topological polar surface area (TPSA) is 60.3 Å². The van der Waals surface area contributed by atoms with E-state index < -0.39 is 0 Å². The van der Waals surface area contributed by atoms with Crippen molar-refractivity contribution in [3.05, 3.63) is 35.5 Å². The van der Waals surface area contributed by atoms with Gasteiger partial charge in [0.2, 0.25) is 0 Å². The Balaban J connectivity index is 2.17. The zero-order chi connectivity index (χ0) is 15.1. The molecule has 0 fully saturated rings. The summed E-state index contributed by atoms with van der Waals surface area (Å²) in [6.07, 6.45) is 0. The van der Waals surface area contributed by atoms with Crippen LogP contribution in [-0.2, 0) is 4.74 Å². The van der Waals surface area contributed by atoms with E-state index in [0.29, 0.717) is 17.9 Å². The minimum Gasteiger partial charge on any atom is -0.462 e. The summed E-state index contributed by atoms with van der Waals surface area (Å²) in [6, 6.07) is 7.44. The van der Waals surface area contributed by atoms with E-state index in [1.807, 2.05) is 23.6 Å². The SMILES string of the molecule is CCOC(=O)c1ccc2cc3n(c2c1)[C@H](C)[C@H](C)NC3=O. The summed E-state index contributed by atoms with van der Waals surface area (Å²) in [5, 5.41) is 3.91. The minimum atomic E-state index is -0.337. The molecule has 2 aromatic rings. The van der Waals surface area contributed by atoms with Gasteiger partial charge >= 0.3 is 5.97 Å². The van der Waals surface area contributed by atoms with Crippen LogP contribution in [0.2, 0.25) is 0 Å². The number of esters is 1. The highest BCUT2D eigenvalue weighted by molar-refractivity contribution is 6.01. The third-order valence-corrected chi connectivity index (χ3v) is 4.08. The molecule has 110 valence electrons. The number of fused-ring (bicyclic) bond motifs is 3. The van der Waals surface area contributed by atoms with Gasteiger partial charge in [0.05, 0.1) is 18.2 Å². The maximum Gasteiger partial charge on any atom is 0.338 e. The van der Waals surface area contributed by atoms with Gasteiger partial charge in [0.1, 0.15) is 5.69 Å². The van der Waals surface area contributed by atoms with Crippen molar-refractivity contribution in [1.29, 1.82) is 0 Å². The summed E-state index contributed by atoms with van der Waals surface area (Å²) in [4.78, 5) is 24.0. The Labute approximate surface area is 122 Å². The van der Waals surface area contributed by atoms with E-state index in [9.17, 15) is 9.59 Å². The number of carbonyl (C=O) groups is 2. The van der Waals surface area contributed by atoms with E-state index in [-0.39, 0.29) is 24.0 Å². The molecule has 0 bridgehead atoms. The van der Waals surface area contributed by atoms with Crippen LogP contribution in [0, 0.1) is 0 Å². The third kappa shape index (κ3) is 2.09. The number of benzene rings is 1. The van der Waals surface area contributed by atoms with Gasteiger partial charge in [-0.1, -0.05) is 6.07 Å². The van der Waals surface area contributed by atoms with Crippen molar-refractivity contribution < 1.29 is 14.3 Å². The van der Waals surface area contributed by atoms with Crippen LogP contribution >= 0.6 is 0 Å². The van der Waals surface area contributed by atoms with E-state index >= 15 is 0 Å². The molecular formula is C16H18N2O3. The standard InChI is InChI=1S/C16H18N2O3/c1-4-21-16(20)12-6-5-11-7-14-15(19)17-9(2)10(3)18(14)13(11)8-12/h5-10H,4H2,1-3H3,(H,17,19)/t9-,10+/m0/s1. The second kappa shape index (κ2) is 4.91. The van der Waals surface area contributed by atoms with Gasteiger partial charge < -0.3 is 14.6 Å². The number of carbonyl (C=O) groups excluding carboxylic acids is 2. The van der Waals surface area contributed by atoms with Crippen molar-refractivity contribution in [2.45, 2.75) is 32.9 Å². The quantitative estimate of drug-likeness (QED) is 0.863. The molecule has 2 atom stereocenters. The third-order valence-electron chi connectivity index (χ3n) is 4.08. The molecule has 1 aromatic carbocycles.